The van der Waals surface area contributed by atoms with E-state index in [0.29, 0.717) is 11.1 Å². The number of ketones is 1. The quantitative estimate of drug-likeness (QED) is 0.193. The highest BCUT2D eigenvalue weighted by atomic mass is 32.1. The van der Waals surface area contributed by atoms with Gasteiger partial charge in [0.15, 0.2) is 5.78 Å². The Hall–Kier alpha value is -3.32. The number of aliphatic hydroxyl groups is 1. The molecule has 0 aromatic heterocycles. The number of hydrazine groups is 1. The SMILES string of the molecule is CC(=O)NNC(=S)/N=C\C(C(=O)c1ccccc1)=C(/O)c1ccccc1. The number of benzene rings is 2. The maximum Gasteiger partial charge on any atom is 0.235 e. The van der Waals surface area contributed by atoms with Crippen molar-refractivity contribution < 1.29 is 14.7 Å². The van der Waals surface area contributed by atoms with Crippen LogP contribution in [0.5, 0.6) is 0 Å². The summed E-state index contributed by atoms with van der Waals surface area (Å²) in [4.78, 5) is 27.6. The molecule has 0 unspecified atom stereocenters. The second kappa shape index (κ2) is 9.24. The van der Waals surface area contributed by atoms with Gasteiger partial charge in [-0.25, -0.2) is 4.99 Å². The fraction of sp³-hybridized carbons (Fsp3) is 0.0526. The predicted octanol–water partition coefficient (Wildman–Crippen LogP) is 2.84. The lowest BCUT2D eigenvalue weighted by atomic mass is 10.0. The van der Waals surface area contributed by atoms with Gasteiger partial charge in [-0.3, -0.25) is 20.4 Å². The summed E-state index contributed by atoms with van der Waals surface area (Å²) in [6.45, 7) is 1.31. The van der Waals surface area contributed by atoms with E-state index in [2.05, 4.69) is 15.8 Å². The number of nitrogens with zero attached hydrogens (tertiary/aromatic N) is 1. The molecule has 0 saturated carbocycles. The summed E-state index contributed by atoms with van der Waals surface area (Å²) in [7, 11) is 0. The molecule has 0 aliphatic carbocycles. The maximum absolute atomic E-state index is 12.8. The van der Waals surface area contributed by atoms with Crippen molar-refractivity contribution in [3.8, 4) is 0 Å². The third kappa shape index (κ3) is 5.35. The topological polar surface area (TPSA) is 90.8 Å². The van der Waals surface area contributed by atoms with Crippen LogP contribution in [-0.2, 0) is 4.79 Å². The maximum atomic E-state index is 12.8. The summed E-state index contributed by atoms with van der Waals surface area (Å²) < 4.78 is 0. The minimum Gasteiger partial charge on any atom is -0.506 e. The van der Waals surface area contributed by atoms with Gasteiger partial charge < -0.3 is 5.11 Å². The van der Waals surface area contributed by atoms with E-state index in [1.807, 2.05) is 0 Å². The van der Waals surface area contributed by atoms with Crippen molar-refractivity contribution in [3.63, 3.8) is 0 Å². The Morgan fingerprint density at radius 2 is 1.50 bits per heavy atom. The van der Waals surface area contributed by atoms with Gasteiger partial charge in [-0.1, -0.05) is 60.7 Å². The molecule has 0 spiro atoms. The van der Waals surface area contributed by atoms with Crippen molar-refractivity contribution in [1.82, 2.24) is 10.9 Å². The summed E-state index contributed by atoms with van der Waals surface area (Å²) >= 11 is 4.96. The molecule has 2 rings (SSSR count). The van der Waals surface area contributed by atoms with Gasteiger partial charge in [0.1, 0.15) is 5.76 Å². The first-order valence-electron chi connectivity index (χ1n) is 7.68. The van der Waals surface area contributed by atoms with Crippen LogP contribution in [0.4, 0.5) is 0 Å². The third-order valence-electron chi connectivity index (χ3n) is 3.24. The van der Waals surface area contributed by atoms with Gasteiger partial charge in [0.2, 0.25) is 11.0 Å². The van der Waals surface area contributed by atoms with Gasteiger partial charge in [-0.15, -0.1) is 0 Å². The van der Waals surface area contributed by atoms with Crippen LogP contribution in [0, 0.1) is 0 Å². The van der Waals surface area contributed by atoms with Gasteiger partial charge in [0, 0.05) is 24.3 Å². The van der Waals surface area contributed by atoms with E-state index in [4.69, 9.17) is 12.2 Å². The molecule has 7 heteroatoms. The predicted molar refractivity (Wildman–Crippen MR) is 105 cm³/mol. The fourth-order valence-corrected chi connectivity index (χ4v) is 2.12. The minimum absolute atomic E-state index is 0.0191. The Bertz CT molecular complexity index is 862. The van der Waals surface area contributed by atoms with Crippen LogP contribution in [0.3, 0.4) is 0 Å². The normalized spacial score (nSPS) is 11.6. The lowest BCUT2D eigenvalue weighted by Crippen LogP contribution is -2.38. The number of Topliss-reactive ketones (excluding diaryl/α,β-unsaturated/α-hetero) is 1. The molecule has 0 fully saturated rings. The number of amides is 1. The Morgan fingerprint density at radius 1 is 0.962 bits per heavy atom. The number of hydrogen-bond acceptors (Lipinski definition) is 4. The van der Waals surface area contributed by atoms with Crippen molar-refractivity contribution in [2.45, 2.75) is 6.92 Å². The molecule has 1 amide bonds. The van der Waals surface area contributed by atoms with Gasteiger partial charge in [0.25, 0.3) is 0 Å². The minimum atomic E-state index is -0.405. The highest BCUT2D eigenvalue weighted by Crippen LogP contribution is 2.18. The van der Waals surface area contributed by atoms with Crippen molar-refractivity contribution in [3.05, 3.63) is 77.4 Å². The molecule has 2 aromatic rings. The van der Waals surface area contributed by atoms with E-state index in [1.165, 1.54) is 13.1 Å². The molecule has 132 valence electrons. The lowest BCUT2D eigenvalue weighted by molar-refractivity contribution is -0.119. The van der Waals surface area contributed by atoms with E-state index >= 15 is 0 Å². The van der Waals surface area contributed by atoms with Crippen molar-refractivity contribution in [1.29, 1.82) is 0 Å². The van der Waals surface area contributed by atoms with E-state index in [1.54, 1.807) is 60.7 Å². The van der Waals surface area contributed by atoms with E-state index in [0.717, 1.165) is 0 Å². The van der Waals surface area contributed by atoms with E-state index in [-0.39, 0.29) is 22.4 Å². The zero-order valence-electron chi connectivity index (χ0n) is 14.0. The summed E-state index contributed by atoms with van der Waals surface area (Å²) in [6, 6.07) is 17.2. The van der Waals surface area contributed by atoms with Gasteiger partial charge in [-0.05, 0) is 12.2 Å². The Balaban J connectivity index is 2.38. The van der Waals surface area contributed by atoms with Crippen molar-refractivity contribution >= 4 is 41.0 Å². The molecule has 0 bridgehead atoms. The first kappa shape index (κ1) is 19.0. The van der Waals surface area contributed by atoms with Crippen molar-refractivity contribution in [2.24, 2.45) is 4.99 Å². The number of thiocarbonyl (C=S) groups is 1. The molecule has 26 heavy (non-hydrogen) atoms. The molecule has 0 atom stereocenters. The average molecular weight is 367 g/mol. The number of carbonyl (C=O) groups is 2. The number of aliphatic imine (C=N–C) groups is 1. The van der Waals surface area contributed by atoms with Crippen LogP contribution in [0.1, 0.15) is 22.8 Å². The molecule has 0 aliphatic heterocycles. The smallest absolute Gasteiger partial charge is 0.235 e. The van der Waals surface area contributed by atoms with Crippen LogP contribution in [-0.4, -0.2) is 28.1 Å². The lowest BCUT2D eigenvalue weighted by Gasteiger charge is -2.08. The molecule has 0 aliphatic rings. The highest BCUT2D eigenvalue weighted by Gasteiger charge is 2.17. The average Bonchev–Trinajstić information content (AvgIpc) is 2.67. The Morgan fingerprint density at radius 3 is 2.04 bits per heavy atom. The Labute approximate surface area is 156 Å². The van der Waals surface area contributed by atoms with Crippen LogP contribution in [0.2, 0.25) is 0 Å². The monoisotopic (exact) mass is 367 g/mol. The van der Waals surface area contributed by atoms with Crippen LogP contribution in [0.15, 0.2) is 71.2 Å². The summed E-state index contributed by atoms with van der Waals surface area (Å²) in [6.07, 6.45) is 1.18. The highest BCUT2D eigenvalue weighted by molar-refractivity contribution is 7.80. The second-order valence-corrected chi connectivity index (χ2v) is 5.58. The number of hydrogen-bond donors (Lipinski definition) is 3. The van der Waals surface area contributed by atoms with Crippen molar-refractivity contribution in [2.75, 3.05) is 0 Å². The zero-order valence-corrected chi connectivity index (χ0v) is 14.8. The molecule has 2 aromatic carbocycles. The number of nitrogens with one attached hydrogen (secondary N) is 2. The molecule has 0 heterocycles. The van der Waals surface area contributed by atoms with E-state index in [9.17, 15) is 14.7 Å². The fourth-order valence-electron chi connectivity index (χ4n) is 2.02. The number of aliphatic hydroxyl groups excluding tert-OH is 1. The molecular formula is C19H17N3O3S. The van der Waals surface area contributed by atoms with Crippen LogP contribution in [0.25, 0.3) is 5.76 Å². The summed E-state index contributed by atoms with van der Waals surface area (Å²) in [5.74, 6) is -0.964. The first-order valence-corrected chi connectivity index (χ1v) is 8.09. The second-order valence-electron chi connectivity index (χ2n) is 5.19. The number of allylic oxidation sites excluding steroid dienone is 1. The molecule has 0 radical (unpaired) electrons. The Kier molecular flexibility index (Phi) is 6.75. The first-order chi connectivity index (χ1) is 12.5. The standard InChI is InChI=1S/C19H17N3O3S/c1-13(23)21-22-19(26)20-12-16(17(24)14-8-4-2-5-9-14)18(25)15-10-6-3-7-11-15/h2-12,24H,1H3,(H,21,23)(H,22,26)/b17-16+,20-12-. The summed E-state index contributed by atoms with van der Waals surface area (Å²) in [5, 5.41) is 10.5. The van der Waals surface area contributed by atoms with E-state index < -0.39 is 5.78 Å². The third-order valence-corrected chi connectivity index (χ3v) is 3.45. The van der Waals surface area contributed by atoms with Gasteiger partial charge in [-0.2, -0.15) is 0 Å². The van der Waals surface area contributed by atoms with Crippen LogP contribution >= 0.6 is 12.2 Å². The molecular weight excluding hydrogens is 350 g/mol. The summed E-state index contributed by atoms with van der Waals surface area (Å²) in [5.41, 5.74) is 5.55. The molecule has 6 nitrogen and oxygen atoms in total. The van der Waals surface area contributed by atoms with Gasteiger partial charge >= 0.3 is 0 Å². The largest absolute Gasteiger partial charge is 0.506 e. The van der Waals surface area contributed by atoms with Gasteiger partial charge in [0.05, 0.1) is 5.57 Å². The zero-order chi connectivity index (χ0) is 18.9. The van der Waals surface area contributed by atoms with Crippen LogP contribution < -0.4 is 10.9 Å². The molecule has 3 N–H and O–H groups in total. The number of rotatable bonds is 4. The number of carbonyl (C=O) groups excluding carboxylic acids is 2. The molecule has 0 saturated heterocycles.